The lowest BCUT2D eigenvalue weighted by molar-refractivity contribution is 0.00407. The molecule has 0 aromatic rings. The zero-order chi connectivity index (χ0) is 8.59. The predicted molar refractivity (Wildman–Crippen MR) is 39.5 cm³/mol. The fraction of sp³-hybridized carbons (Fsp3) is 0.857. The Morgan fingerprint density at radius 2 is 2.00 bits per heavy atom. The molecule has 3 atom stereocenters. The first-order chi connectivity index (χ1) is 5.04. The van der Waals surface area contributed by atoms with Gasteiger partial charge >= 0.3 is 0 Å². The van der Waals surface area contributed by atoms with Crippen LogP contribution in [0.5, 0.6) is 0 Å². The number of nitrogens with one attached hydrogen (secondary N) is 1. The van der Waals surface area contributed by atoms with Gasteiger partial charge in [-0.3, -0.25) is 5.41 Å². The van der Waals surface area contributed by atoms with Crippen LogP contribution in [0.3, 0.4) is 0 Å². The summed E-state index contributed by atoms with van der Waals surface area (Å²) >= 11 is 0. The van der Waals surface area contributed by atoms with Gasteiger partial charge in [0.2, 0.25) is 5.90 Å². The van der Waals surface area contributed by atoms with E-state index in [1.165, 1.54) is 0 Å². The normalized spacial score (nSPS) is 37.9. The molecule has 1 fully saturated rings. The molecule has 0 aromatic carbocycles. The highest BCUT2D eigenvalue weighted by Gasteiger charge is 2.41. The van der Waals surface area contributed by atoms with Crippen LogP contribution >= 0.6 is 0 Å². The molecule has 0 radical (unpaired) electrons. The van der Waals surface area contributed by atoms with E-state index in [4.69, 9.17) is 15.3 Å². The molecule has 11 heavy (non-hydrogen) atoms. The van der Waals surface area contributed by atoms with E-state index in [1.807, 2.05) is 13.8 Å². The number of aliphatic hydroxyl groups excluding tert-OH is 2. The van der Waals surface area contributed by atoms with Crippen LogP contribution in [0.4, 0.5) is 0 Å². The molecule has 0 aliphatic carbocycles. The predicted octanol–water partition coefficient (Wildman–Crippen LogP) is -0.260. The number of aliphatic hydroxyl groups is 2. The Kier molecular flexibility index (Phi) is 2.15. The van der Waals surface area contributed by atoms with E-state index in [0.29, 0.717) is 0 Å². The van der Waals surface area contributed by atoms with Crippen LogP contribution in [-0.2, 0) is 4.74 Å². The van der Waals surface area contributed by atoms with Gasteiger partial charge in [0.25, 0.3) is 0 Å². The quantitative estimate of drug-likeness (QED) is 0.493. The van der Waals surface area contributed by atoms with Crippen LogP contribution in [0.15, 0.2) is 0 Å². The molecular weight excluding hydrogens is 146 g/mol. The van der Waals surface area contributed by atoms with Crippen molar-refractivity contribution in [2.24, 2.45) is 5.92 Å². The summed E-state index contributed by atoms with van der Waals surface area (Å²) in [5, 5.41) is 25.4. The van der Waals surface area contributed by atoms with Gasteiger partial charge in [-0.15, -0.1) is 0 Å². The molecule has 64 valence electrons. The maximum absolute atomic E-state index is 9.28. The third-order valence-electron chi connectivity index (χ3n) is 1.85. The minimum Gasteiger partial charge on any atom is -0.473 e. The van der Waals surface area contributed by atoms with E-state index < -0.39 is 18.3 Å². The van der Waals surface area contributed by atoms with Crippen molar-refractivity contribution in [3.8, 4) is 0 Å². The van der Waals surface area contributed by atoms with E-state index in [0.717, 1.165) is 0 Å². The fourth-order valence-electron chi connectivity index (χ4n) is 1.15. The summed E-state index contributed by atoms with van der Waals surface area (Å²) in [4.78, 5) is 0. The Balaban J connectivity index is 2.67. The zero-order valence-corrected chi connectivity index (χ0v) is 6.61. The minimum atomic E-state index is -1.14. The van der Waals surface area contributed by atoms with Gasteiger partial charge in [-0.05, 0) is 5.92 Å². The molecule has 4 nitrogen and oxygen atoms in total. The number of rotatable bonds is 1. The van der Waals surface area contributed by atoms with Crippen LogP contribution in [0, 0.1) is 11.3 Å². The van der Waals surface area contributed by atoms with Gasteiger partial charge in [0.1, 0.15) is 12.2 Å². The summed E-state index contributed by atoms with van der Waals surface area (Å²) < 4.78 is 4.93. The van der Waals surface area contributed by atoms with Crippen molar-refractivity contribution >= 4 is 5.90 Å². The van der Waals surface area contributed by atoms with Gasteiger partial charge in [-0.1, -0.05) is 13.8 Å². The molecule has 0 amide bonds. The number of hydrogen-bond acceptors (Lipinski definition) is 4. The van der Waals surface area contributed by atoms with Gasteiger partial charge in [0, 0.05) is 0 Å². The molecule has 1 saturated heterocycles. The Labute approximate surface area is 65.3 Å². The first kappa shape index (κ1) is 8.49. The summed E-state index contributed by atoms with van der Waals surface area (Å²) in [7, 11) is 0. The molecule has 4 heteroatoms. The van der Waals surface area contributed by atoms with E-state index in [2.05, 4.69) is 0 Å². The second kappa shape index (κ2) is 2.79. The van der Waals surface area contributed by atoms with Gasteiger partial charge in [-0.25, -0.2) is 0 Å². The van der Waals surface area contributed by atoms with E-state index >= 15 is 0 Å². The number of ether oxygens (including phenoxy) is 1. The van der Waals surface area contributed by atoms with E-state index in [1.54, 1.807) is 0 Å². The largest absolute Gasteiger partial charge is 0.473 e. The second-order valence-corrected chi connectivity index (χ2v) is 3.13. The summed E-state index contributed by atoms with van der Waals surface area (Å²) in [6.07, 6.45) is -2.51. The van der Waals surface area contributed by atoms with Gasteiger partial charge in [0.05, 0.1) is 0 Å². The lowest BCUT2D eigenvalue weighted by Crippen LogP contribution is -2.33. The first-order valence-electron chi connectivity index (χ1n) is 3.65. The molecule has 3 N–H and O–H groups in total. The summed E-state index contributed by atoms with van der Waals surface area (Å²) in [6.45, 7) is 3.75. The van der Waals surface area contributed by atoms with Crippen molar-refractivity contribution in [1.82, 2.24) is 0 Å². The molecule has 0 aromatic heterocycles. The van der Waals surface area contributed by atoms with E-state index in [-0.39, 0.29) is 11.8 Å². The average Bonchev–Trinajstić information content (AvgIpc) is 2.17. The van der Waals surface area contributed by atoms with Crippen molar-refractivity contribution in [2.45, 2.75) is 32.2 Å². The van der Waals surface area contributed by atoms with Crippen LogP contribution in [0.1, 0.15) is 13.8 Å². The highest BCUT2D eigenvalue weighted by atomic mass is 16.5. The highest BCUT2D eigenvalue weighted by molar-refractivity contribution is 5.80. The van der Waals surface area contributed by atoms with Gasteiger partial charge < -0.3 is 14.9 Å². The molecule has 1 aliphatic rings. The molecule has 1 rings (SSSR count). The summed E-state index contributed by atoms with van der Waals surface area (Å²) in [5.74, 6) is -0.112. The van der Waals surface area contributed by atoms with Crippen molar-refractivity contribution < 1.29 is 14.9 Å². The maximum Gasteiger partial charge on any atom is 0.213 e. The Morgan fingerprint density at radius 1 is 1.45 bits per heavy atom. The highest BCUT2D eigenvalue weighted by Crippen LogP contribution is 2.21. The maximum atomic E-state index is 9.28. The fourth-order valence-corrected chi connectivity index (χ4v) is 1.15. The lowest BCUT2D eigenvalue weighted by Gasteiger charge is -2.16. The van der Waals surface area contributed by atoms with Crippen LogP contribution < -0.4 is 0 Å². The standard InChI is InChI=1S/C7H13NO3/c1-3(2)6-4(9)5(10)7(8)11-6/h3-6,8-10H,1-2H3/t4-,5+,6+/m1/s1. The monoisotopic (exact) mass is 159 g/mol. The molecule has 1 aliphatic heterocycles. The second-order valence-electron chi connectivity index (χ2n) is 3.13. The van der Waals surface area contributed by atoms with Crippen molar-refractivity contribution in [3.63, 3.8) is 0 Å². The summed E-state index contributed by atoms with van der Waals surface area (Å²) in [5.41, 5.74) is 0. The van der Waals surface area contributed by atoms with Gasteiger partial charge in [-0.2, -0.15) is 0 Å². The van der Waals surface area contributed by atoms with Gasteiger partial charge in [0.15, 0.2) is 6.10 Å². The zero-order valence-electron chi connectivity index (χ0n) is 6.61. The molecule has 1 heterocycles. The SMILES string of the molecule is CC(C)[C@@H]1OC(=N)[C@@H](O)[C@H]1O. The third kappa shape index (κ3) is 1.36. The smallest absolute Gasteiger partial charge is 0.213 e. The topological polar surface area (TPSA) is 73.5 Å². The van der Waals surface area contributed by atoms with Crippen molar-refractivity contribution in [3.05, 3.63) is 0 Å². The minimum absolute atomic E-state index is 0.113. The van der Waals surface area contributed by atoms with Crippen molar-refractivity contribution in [2.75, 3.05) is 0 Å². The van der Waals surface area contributed by atoms with Crippen LogP contribution in [0.25, 0.3) is 0 Å². The lowest BCUT2D eigenvalue weighted by atomic mass is 10.0. The molecule has 0 bridgehead atoms. The Hall–Kier alpha value is -0.610. The molecule has 0 unspecified atom stereocenters. The Bertz CT molecular complexity index is 169. The van der Waals surface area contributed by atoms with Crippen LogP contribution in [0.2, 0.25) is 0 Å². The molecule has 0 saturated carbocycles. The molecule has 0 spiro atoms. The Morgan fingerprint density at radius 3 is 2.18 bits per heavy atom. The summed E-state index contributed by atoms with van der Waals surface area (Å²) in [6, 6.07) is 0. The third-order valence-corrected chi connectivity index (χ3v) is 1.85. The van der Waals surface area contributed by atoms with E-state index in [9.17, 15) is 5.11 Å². The van der Waals surface area contributed by atoms with Crippen LogP contribution in [-0.4, -0.2) is 34.4 Å². The average molecular weight is 159 g/mol. The number of hydrogen-bond donors (Lipinski definition) is 3. The molecular formula is C7H13NO3. The van der Waals surface area contributed by atoms with Crippen molar-refractivity contribution in [1.29, 1.82) is 5.41 Å². The first-order valence-corrected chi connectivity index (χ1v) is 3.65.